The molecular formula is C25H31N7O3S. The molecule has 0 unspecified atom stereocenters. The predicted octanol–water partition coefficient (Wildman–Crippen LogP) is 2.68. The van der Waals surface area contributed by atoms with Gasteiger partial charge in [-0.05, 0) is 42.9 Å². The zero-order valence-corrected chi connectivity index (χ0v) is 21.5. The predicted molar refractivity (Wildman–Crippen MR) is 143 cm³/mol. The second-order valence-electron chi connectivity index (χ2n) is 8.82. The fraction of sp³-hybridized carbons (Fsp3) is 0.320. The molecule has 1 aliphatic rings. The van der Waals surface area contributed by atoms with Crippen LogP contribution in [0.5, 0.6) is 0 Å². The first-order chi connectivity index (χ1) is 17.2. The zero-order valence-electron chi connectivity index (χ0n) is 20.7. The van der Waals surface area contributed by atoms with Gasteiger partial charge in [-0.15, -0.1) is 0 Å². The van der Waals surface area contributed by atoms with Crippen molar-refractivity contribution in [3.8, 4) is 0 Å². The van der Waals surface area contributed by atoms with Gasteiger partial charge < -0.3 is 20.4 Å². The molecule has 11 heteroatoms. The van der Waals surface area contributed by atoms with Gasteiger partial charge in [0.25, 0.3) is 0 Å². The van der Waals surface area contributed by atoms with E-state index in [1.54, 1.807) is 30.5 Å². The number of hydrogen-bond acceptors (Lipinski definition) is 8. The van der Waals surface area contributed by atoms with Gasteiger partial charge in [0.05, 0.1) is 24.1 Å². The van der Waals surface area contributed by atoms with Crippen LogP contribution in [0.1, 0.15) is 5.56 Å². The molecule has 1 saturated heterocycles. The second-order valence-corrected chi connectivity index (χ2v) is 10.8. The molecule has 0 bridgehead atoms. The van der Waals surface area contributed by atoms with Crippen LogP contribution in [0.15, 0.2) is 60.8 Å². The van der Waals surface area contributed by atoms with Crippen molar-refractivity contribution in [2.45, 2.75) is 6.42 Å². The van der Waals surface area contributed by atoms with E-state index in [2.05, 4.69) is 32.5 Å². The lowest BCUT2D eigenvalue weighted by atomic mass is 10.1. The van der Waals surface area contributed by atoms with E-state index in [-0.39, 0.29) is 5.91 Å². The number of hydrogen-bond donors (Lipinski definition) is 2. The molecule has 2 aromatic carbocycles. The maximum Gasteiger partial charge on any atom is 0.232 e. The average molecular weight is 510 g/mol. The molecule has 4 rings (SSSR count). The number of carbonyl (C=O) groups excluding carboxylic acids is 1. The molecule has 2 heterocycles. The highest BCUT2D eigenvalue weighted by Crippen LogP contribution is 2.29. The Morgan fingerprint density at radius 2 is 1.69 bits per heavy atom. The molecule has 0 atom stereocenters. The first kappa shape index (κ1) is 25.4. The van der Waals surface area contributed by atoms with Crippen LogP contribution < -0.4 is 14.9 Å². The maximum atomic E-state index is 12.6. The summed E-state index contributed by atoms with van der Waals surface area (Å²) in [5.41, 5.74) is 2.85. The molecule has 2 N–H and O–H groups in total. The summed E-state index contributed by atoms with van der Waals surface area (Å²) in [4.78, 5) is 25.5. The van der Waals surface area contributed by atoms with Crippen LogP contribution >= 0.6 is 0 Å². The first-order valence-electron chi connectivity index (χ1n) is 11.6. The number of carbonyl (C=O) groups is 1. The van der Waals surface area contributed by atoms with Crippen molar-refractivity contribution < 1.29 is 13.2 Å². The van der Waals surface area contributed by atoms with E-state index >= 15 is 0 Å². The van der Waals surface area contributed by atoms with Crippen LogP contribution in [0.3, 0.4) is 0 Å². The summed E-state index contributed by atoms with van der Waals surface area (Å²) in [6.45, 7) is 3.35. The van der Waals surface area contributed by atoms with Crippen LogP contribution in [-0.2, 0) is 21.2 Å². The Balaban J connectivity index is 1.40. The van der Waals surface area contributed by atoms with Gasteiger partial charge in [-0.1, -0.05) is 24.3 Å². The van der Waals surface area contributed by atoms with Crippen LogP contribution in [0, 0.1) is 0 Å². The normalized spacial score (nSPS) is 14.4. The van der Waals surface area contributed by atoms with E-state index < -0.39 is 10.0 Å². The monoisotopic (exact) mass is 509 g/mol. The number of para-hydroxylation sites is 2. The summed E-state index contributed by atoms with van der Waals surface area (Å²) in [6, 6.07) is 16.4. The highest BCUT2D eigenvalue weighted by Gasteiger charge is 2.19. The number of nitrogens with one attached hydrogen (secondary N) is 2. The third-order valence-electron chi connectivity index (χ3n) is 6.08. The third-order valence-corrected chi connectivity index (χ3v) is 7.27. The largest absolute Gasteiger partial charge is 0.340 e. The highest BCUT2D eigenvalue weighted by molar-refractivity contribution is 7.92. The fourth-order valence-electron chi connectivity index (χ4n) is 3.84. The van der Waals surface area contributed by atoms with E-state index in [1.807, 2.05) is 35.2 Å². The van der Waals surface area contributed by atoms with Gasteiger partial charge in [-0.2, -0.15) is 4.98 Å². The second kappa shape index (κ2) is 10.9. The fourth-order valence-corrected chi connectivity index (χ4v) is 4.35. The topological polar surface area (TPSA) is 111 Å². The molecule has 0 saturated carbocycles. The van der Waals surface area contributed by atoms with Gasteiger partial charge in [0.2, 0.25) is 21.9 Å². The summed E-state index contributed by atoms with van der Waals surface area (Å²) in [5, 5.41) is 6.35. The van der Waals surface area contributed by atoms with Gasteiger partial charge in [-0.25, -0.2) is 13.4 Å². The Labute approximate surface area is 212 Å². The lowest BCUT2D eigenvalue weighted by Crippen LogP contribution is -2.47. The van der Waals surface area contributed by atoms with Crippen LogP contribution in [-0.4, -0.2) is 80.6 Å². The molecule has 0 radical (unpaired) electrons. The Kier molecular flexibility index (Phi) is 7.70. The Morgan fingerprint density at radius 1 is 1.00 bits per heavy atom. The maximum absolute atomic E-state index is 12.6. The number of aromatic nitrogens is 2. The minimum absolute atomic E-state index is 0.146. The van der Waals surface area contributed by atoms with Crippen LogP contribution in [0.4, 0.5) is 28.8 Å². The number of likely N-dealkylation sites (N-methyl/N-ethyl adjacent to an activating group) is 1. The molecule has 1 fully saturated rings. The first-order valence-corrected chi connectivity index (χ1v) is 13.5. The number of sulfonamides is 1. The van der Waals surface area contributed by atoms with E-state index in [1.165, 1.54) is 11.4 Å². The number of benzene rings is 2. The number of piperazine rings is 1. The molecule has 0 aliphatic carbocycles. The van der Waals surface area contributed by atoms with Crippen LogP contribution in [0.2, 0.25) is 0 Å². The van der Waals surface area contributed by atoms with E-state index in [0.717, 1.165) is 43.7 Å². The zero-order chi connectivity index (χ0) is 25.7. The van der Waals surface area contributed by atoms with Gasteiger partial charge >= 0.3 is 0 Å². The Morgan fingerprint density at radius 3 is 2.39 bits per heavy atom. The van der Waals surface area contributed by atoms with Gasteiger partial charge in [0.1, 0.15) is 5.82 Å². The summed E-state index contributed by atoms with van der Waals surface area (Å²) in [5.74, 6) is 1.04. The summed E-state index contributed by atoms with van der Waals surface area (Å²) >= 11 is 0. The minimum Gasteiger partial charge on any atom is -0.340 e. The molecule has 1 aliphatic heterocycles. The SMILES string of the molecule is CN1CCN(C(=O)Cc2ccc(Nc3nccc(Nc4ccccc4N(C)S(C)(=O)=O)n3)cc2)CC1. The number of nitrogens with zero attached hydrogens (tertiary/aromatic N) is 5. The average Bonchev–Trinajstić information content (AvgIpc) is 2.85. The van der Waals surface area contributed by atoms with E-state index in [4.69, 9.17) is 0 Å². The lowest BCUT2D eigenvalue weighted by Gasteiger charge is -2.32. The highest BCUT2D eigenvalue weighted by atomic mass is 32.2. The molecule has 3 aromatic rings. The third kappa shape index (κ3) is 6.49. The van der Waals surface area contributed by atoms with Gasteiger partial charge in [0, 0.05) is 45.1 Å². The summed E-state index contributed by atoms with van der Waals surface area (Å²) in [6.07, 6.45) is 3.15. The Bertz CT molecular complexity index is 1310. The number of rotatable bonds is 8. The number of anilines is 5. The lowest BCUT2D eigenvalue weighted by molar-refractivity contribution is -0.132. The quantitative estimate of drug-likeness (QED) is 0.477. The molecule has 1 amide bonds. The smallest absolute Gasteiger partial charge is 0.232 e. The molecule has 10 nitrogen and oxygen atoms in total. The van der Waals surface area contributed by atoms with Gasteiger partial charge in [0.15, 0.2) is 0 Å². The van der Waals surface area contributed by atoms with Crippen molar-refractivity contribution in [2.24, 2.45) is 0 Å². The molecule has 0 spiro atoms. The number of amides is 1. The van der Waals surface area contributed by atoms with E-state index in [0.29, 0.717) is 29.6 Å². The van der Waals surface area contributed by atoms with Gasteiger partial charge in [-0.3, -0.25) is 9.10 Å². The van der Waals surface area contributed by atoms with Crippen molar-refractivity contribution in [1.29, 1.82) is 0 Å². The minimum atomic E-state index is -3.42. The Hall–Kier alpha value is -3.70. The van der Waals surface area contributed by atoms with Crippen molar-refractivity contribution in [3.05, 3.63) is 66.4 Å². The van der Waals surface area contributed by atoms with Crippen molar-refractivity contribution in [2.75, 3.05) is 61.5 Å². The van der Waals surface area contributed by atoms with Crippen molar-refractivity contribution in [1.82, 2.24) is 19.8 Å². The van der Waals surface area contributed by atoms with E-state index in [9.17, 15) is 13.2 Å². The van der Waals surface area contributed by atoms with Crippen molar-refractivity contribution in [3.63, 3.8) is 0 Å². The molecular weight excluding hydrogens is 478 g/mol. The molecule has 1 aromatic heterocycles. The molecule has 190 valence electrons. The summed E-state index contributed by atoms with van der Waals surface area (Å²) in [7, 11) is 0.157. The van der Waals surface area contributed by atoms with Crippen molar-refractivity contribution >= 4 is 44.8 Å². The summed E-state index contributed by atoms with van der Waals surface area (Å²) < 4.78 is 25.2. The van der Waals surface area contributed by atoms with Crippen LogP contribution in [0.25, 0.3) is 0 Å². The molecule has 36 heavy (non-hydrogen) atoms. The standard InChI is InChI=1S/C25H31N7O3S/c1-30-14-16-32(17-15-30)24(33)18-19-8-10-20(11-9-19)27-25-26-13-12-23(29-25)28-21-6-4-5-7-22(21)31(2)36(3,34)35/h4-13H,14-18H2,1-3H3,(H2,26,27,28,29).